The van der Waals surface area contributed by atoms with Crippen LogP contribution in [0.2, 0.25) is 0 Å². The van der Waals surface area contributed by atoms with Crippen LogP contribution >= 0.6 is 7.52 Å². The van der Waals surface area contributed by atoms with Gasteiger partial charge in [-0.05, 0) is 14.0 Å². The highest BCUT2D eigenvalue weighted by molar-refractivity contribution is 7.57. The number of nitrogens with one attached hydrogen (secondary N) is 2. The topological polar surface area (TPSA) is 50.4 Å². The molecule has 4 nitrogen and oxygen atoms in total. The van der Waals surface area contributed by atoms with Gasteiger partial charge in [0.25, 0.3) is 7.52 Å². The summed E-state index contributed by atoms with van der Waals surface area (Å²) in [6, 6.07) is 0. The highest BCUT2D eigenvalue weighted by atomic mass is 31.2. The Hall–Kier alpha value is 0.110. The fourth-order valence-electron chi connectivity index (χ4n) is 0.906. The van der Waals surface area contributed by atoms with Crippen LogP contribution in [0.1, 0.15) is 20.8 Å². The average molecular weight is 208 g/mol. The quantitative estimate of drug-likeness (QED) is 0.491. The van der Waals surface area contributed by atoms with Gasteiger partial charge in [-0.25, -0.2) is 5.09 Å². The lowest BCUT2D eigenvalue weighted by Crippen LogP contribution is -2.26. The van der Waals surface area contributed by atoms with E-state index < -0.39 is 7.52 Å². The summed E-state index contributed by atoms with van der Waals surface area (Å²) in [6.07, 6.45) is 0. The predicted molar refractivity (Wildman–Crippen MR) is 56.3 cm³/mol. The van der Waals surface area contributed by atoms with E-state index in [2.05, 4.69) is 10.4 Å². The molecular formula is C8H21N2O2P. The van der Waals surface area contributed by atoms with Gasteiger partial charge in [0, 0.05) is 18.7 Å². The Labute approximate surface area is 80.9 Å². The van der Waals surface area contributed by atoms with Crippen LogP contribution in [0, 0.1) is 0 Å². The normalized spacial score (nSPS) is 16.1. The summed E-state index contributed by atoms with van der Waals surface area (Å²) in [7, 11) is -0.747. The summed E-state index contributed by atoms with van der Waals surface area (Å²) in [5.41, 5.74) is 0.0318. The van der Waals surface area contributed by atoms with E-state index in [0.717, 1.165) is 6.54 Å². The minimum Gasteiger partial charge on any atom is -0.318 e. The third-order valence-electron chi connectivity index (χ3n) is 1.71. The molecule has 0 saturated carbocycles. The largest absolute Gasteiger partial charge is 0.318 e. The van der Waals surface area contributed by atoms with Crippen LogP contribution in [0.4, 0.5) is 0 Å². The van der Waals surface area contributed by atoms with Gasteiger partial charge in [0.05, 0.1) is 6.61 Å². The zero-order valence-electron chi connectivity index (χ0n) is 8.96. The van der Waals surface area contributed by atoms with Gasteiger partial charge in [0.2, 0.25) is 0 Å². The van der Waals surface area contributed by atoms with Crippen LogP contribution in [0.25, 0.3) is 0 Å². The Bertz CT molecular complexity index is 174. The molecule has 2 N–H and O–H groups in total. The van der Waals surface area contributed by atoms with E-state index in [4.69, 9.17) is 4.52 Å². The first-order valence-corrected chi connectivity index (χ1v) is 6.40. The van der Waals surface area contributed by atoms with Crippen LogP contribution in [0.15, 0.2) is 0 Å². The minimum atomic E-state index is -2.61. The molecule has 0 fully saturated rings. The van der Waals surface area contributed by atoms with Crippen LogP contribution in [-0.2, 0) is 9.09 Å². The van der Waals surface area contributed by atoms with E-state index in [0.29, 0.717) is 13.2 Å². The first-order valence-electron chi connectivity index (χ1n) is 4.70. The molecule has 1 unspecified atom stereocenters. The molecule has 0 aromatic carbocycles. The van der Waals surface area contributed by atoms with Gasteiger partial charge in [-0.15, -0.1) is 0 Å². The zero-order valence-corrected chi connectivity index (χ0v) is 9.86. The monoisotopic (exact) mass is 208 g/mol. The zero-order chi connectivity index (χ0) is 10.3. The molecule has 0 aliphatic carbocycles. The lowest BCUT2D eigenvalue weighted by molar-refractivity contribution is 0.319. The van der Waals surface area contributed by atoms with Crippen LogP contribution < -0.4 is 10.4 Å². The predicted octanol–water partition coefficient (Wildman–Crippen LogP) is 1.43. The molecule has 13 heavy (non-hydrogen) atoms. The van der Waals surface area contributed by atoms with Gasteiger partial charge in [-0.3, -0.25) is 4.57 Å². The summed E-state index contributed by atoms with van der Waals surface area (Å²) in [5.74, 6) is 0. The first kappa shape index (κ1) is 13.1. The Kier molecular flexibility index (Phi) is 6.60. The van der Waals surface area contributed by atoms with E-state index >= 15 is 0 Å². The fraction of sp³-hybridized carbons (Fsp3) is 1.00. The third-order valence-corrected chi connectivity index (χ3v) is 4.37. The standard InChI is InChI=1S/C8H21N2O2P/c1-5-12-13(11,8(2)3)10-7-6-9-4/h8-9H,5-7H2,1-4H3,(H,10,11). The Morgan fingerprint density at radius 2 is 2.00 bits per heavy atom. The van der Waals surface area contributed by atoms with Crippen molar-refractivity contribution < 1.29 is 9.09 Å². The molecule has 0 aliphatic rings. The van der Waals surface area contributed by atoms with E-state index in [9.17, 15) is 4.57 Å². The van der Waals surface area contributed by atoms with Crippen molar-refractivity contribution in [3.05, 3.63) is 0 Å². The second kappa shape index (κ2) is 6.55. The number of hydrogen-bond acceptors (Lipinski definition) is 3. The van der Waals surface area contributed by atoms with Crippen molar-refractivity contribution in [2.45, 2.75) is 26.4 Å². The van der Waals surface area contributed by atoms with Gasteiger partial charge >= 0.3 is 0 Å². The van der Waals surface area contributed by atoms with E-state index in [-0.39, 0.29) is 5.66 Å². The van der Waals surface area contributed by atoms with Gasteiger partial charge < -0.3 is 9.84 Å². The van der Waals surface area contributed by atoms with Crippen LogP contribution in [0.5, 0.6) is 0 Å². The molecule has 0 aromatic rings. The van der Waals surface area contributed by atoms with Gasteiger partial charge in [-0.1, -0.05) is 13.8 Å². The van der Waals surface area contributed by atoms with E-state index in [1.165, 1.54) is 0 Å². The second-order valence-electron chi connectivity index (χ2n) is 3.12. The minimum absolute atomic E-state index is 0.0318. The Balaban J connectivity index is 4.01. The molecule has 0 aromatic heterocycles. The molecule has 80 valence electrons. The Morgan fingerprint density at radius 3 is 2.38 bits per heavy atom. The molecule has 0 heterocycles. The van der Waals surface area contributed by atoms with Crippen LogP contribution in [0.3, 0.4) is 0 Å². The summed E-state index contributed by atoms with van der Waals surface area (Å²) >= 11 is 0. The maximum Gasteiger partial charge on any atom is 0.272 e. The van der Waals surface area contributed by atoms with Gasteiger partial charge in [0.1, 0.15) is 0 Å². The van der Waals surface area contributed by atoms with Crippen molar-refractivity contribution in [1.82, 2.24) is 10.4 Å². The van der Waals surface area contributed by atoms with E-state index in [1.807, 2.05) is 27.8 Å². The molecule has 0 rings (SSSR count). The summed E-state index contributed by atoms with van der Waals surface area (Å²) in [5, 5.41) is 5.95. The lowest BCUT2D eigenvalue weighted by atomic mass is 10.6. The van der Waals surface area contributed by atoms with Crippen molar-refractivity contribution in [2.24, 2.45) is 0 Å². The van der Waals surface area contributed by atoms with Gasteiger partial charge in [0.15, 0.2) is 0 Å². The first-order chi connectivity index (χ1) is 6.06. The maximum atomic E-state index is 12.0. The smallest absolute Gasteiger partial charge is 0.272 e. The molecule has 0 spiro atoms. The van der Waals surface area contributed by atoms with Gasteiger partial charge in [-0.2, -0.15) is 0 Å². The fourth-order valence-corrected chi connectivity index (χ4v) is 2.47. The number of hydrogen-bond donors (Lipinski definition) is 2. The van der Waals surface area contributed by atoms with Crippen LogP contribution in [-0.4, -0.2) is 32.4 Å². The maximum absolute atomic E-state index is 12.0. The third kappa shape index (κ3) is 4.77. The number of likely N-dealkylation sites (N-methyl/N-ethyl adjacent to an activating group) is 1. The lowest BCUT2D eigenvalue weighted by Gasteiger charge is -2.22. The molecule has 0 aliphatic heterocycles. The molecule has 0 saturated heterocycles. The van der Waals surface area contributed by atoms with Crippen molar-refractivity contribution in [2.75, 3.05) is 26.7 Å². The van der Waals surface area contributed by atoms with Crippen molar-refractivity contribution >= 4 is 7.52 Å². The molecule has 0 bridgehead atoms. The average Bonchev–Trinajstić information content (AvgIpc) is 2.05. The molecular weight excluding hydrogens is 187 g/mol. The summed E-state index contributed by atoms with van der Waals surface area (Å²) in [4.78, 5) is 0. The highest BCUT2D eigenvalue weighted by Gasteiger charge is 2.25. The van der Waals surface area contributed by atoms with Crippen molar-refractivity contribution in [3.63, 3.8) is 0 Å². The van der Waals surface area contributed by atoms with Crippen molar-refractivity contribution in [3.8, 4) is 0 Å². The summed E-state index contributed by atoms with van der Waals surface area (Å²) in [6.45, 7) is 7.62. The molecule has 1 atom stereocenters. The highest BCUT2D eigenvalue weighted by Crippen LogP contribution is 2.46. The Morgan fingerprint density at radius 1 is 1.38 bits per heavy atom. The van der Waals surface area contributed by atoms with Crippen molar-refractivity contribution in [1.29, 1.82) is 0 Å². The SMILES string of the molecule is CCOP(=O)(NCCNC)C(C)C. The van der Waals surface area contributed by atoms with E-state index in [1.54, 1.807) is 0 Å². The second-order valence-corrected chi connectivity index (χ2v) is 5.92. The number of rotatable bonds is 7. The molecule has 5 heteroatoms. The molecule has 0 amide bonds. The molecule has 0 radical (unpaired) electrons. The summed E-state index contributed by atoms with van der Waals surface area (Å²) < 4.78 is 17.3.